The van der Waals surface area contributed by atoms with Crippen LogP contribution in [-0.4, -0.2) is 40.1 Å². The van der Waals surface area contributed by atoms with E-state index >= 15 is 0 Å². The van der Waals surface area contributed by atoms with Gasteiger partial charge >= 0.3 is 0 Å². The van der Waals surface area contributed by atoms with Crippen LogP contribution in [0.4, 0.5) is 20.2 Å². The first-order chi connectivity index (χ1) is 14.9. The highest BCUT2D eigenvalue weighted by atomic mass is 19.1. The zero-order valence-electron chi connectivity index (χ0n) is 16.8. The van der Waals surface area contributed by atoms with Gasteiger partial charge in [-0.15, -0.1) is 0 Å². The standard InChI is InChI=1S/C23H22F2N4O2/c24-16-4-1-5-17(25)22(16)19-7-6-18(26)23(28-19)21(31)11-14-12-27-9-8-20(14)29-10-2-3-15(30)13-29/h1,4-9,12,15,30H,2-3,10-11,13,26H2/t15-/m0/s1. The summed E-state index contributed by atoms with van der Waals surface area (Å²) in [6.45, 7) is 1.25. The van der Waals surface area contributed by atoms with Gasteiger partial charge in [0, 0.05) is 43.2 Å². The smallest absolute Gasteiger partial charge is 0.187 e. The fourth-order valence-electron chi connectivity index (χ4n) is 3.87. The van der Waals surface area contributed by atoms with Crippen LogP contribution in [0.2, 0.25) is 0 Å². The molecule has 0 radical (unpaired) electrons. The third-order valence-corrected chi connectivity index (χ3v) is 5.38. The Labute approximate surface area is 178 Å². The van der Waals surface area contributed by atoms with Crippen LogP contribution < -0.4 is 10.6 Å². The van der Waals surface area contributed by atoms with Gasteiger partial charge in [0.1, 0.15) is 17.3 Å². The molecule has 8 heteroatoms. The van der Waals surface area contributed by atoms with Crippen molar-refractivity contribution in [3.05, 3.63) is 71.7 Å². The lowest BCUT2D eigenvalue weighted by atomic mass is 10.0. The summed E-state index contributed by atoms with van der Waals surface area (Å²) in [5.74, 6) is -1.93. The van der Waals surface area contributed by atoms with E-state index < -0.39 is 17.7 Å². The minimum Gasteiger partial charge on any atom is -0.397 e. The molecule has 3 aromatic rings. The summed E-state index contributed by atoms with van der Waals surface area (Å²) in [4.78, 5) is 23.4. The van der Waals surface area contributed by atoms with Gasteiger partial charge < -0.3 is 15.7 Å². The first-order valence-electron chi connectivity index (χ1n) is 10.0. The lowest BCUT2D eigenvalue weighted by Crippen LogP contribution is -2.38. The molecule has 0 spiro atoms. The molecule has 1 fully saturated rings. The Morgan fingerprint density at radius 2 is 1.97 bits per heavy atom. The number of carbonyl (C=O) groups is 1. The molecule has 1 saturated heterocycles. The molecule has 0 aliphatic carbocycles. The van der Waals surface area contributed by atoms with E-state index in [4.69, 9.17) is 5.73 Å². The highest BCUT2D eigenvalue weighted by molar-refractivity contribution is 6.01. The molecule has 0 bridgehead atoms. The predicted molar refractivity (Wildman–Crippen MR) is 114 cm³/mol. The zero-order chi connectivity index (χ0) is 22.0. The number of carbonyl (C=O) groups excluding carboxylic acids is 1. The molecule has 1 aliphatic rings. The van der Waals surface area contributed by atoms with Crippen molar-refractivity contribution in [3.8, 4) is 11.3 Å². The van der Waals surface area contributed by atoms with E-state index in [2.05, 4.69) is 9.97 Å². The van der Waals surface area contributed by atoms with Crippen LogP contribution in [0.5, 0.6) is 0 Å². The van der Waals surface area contributed by atoms with Crippen LogP contribution in [-0.2, 0) is 6.42 Å². The monoisotopic (exact) mass is 424 g/mol. The molecule has 3 heterocycles. The number of nitrogen functional groups attached to an aromatic ring is 1. The van der Waals surface area contributed by atoms with E-state index in [0.717, 1.165) is 37.2 Å². The second-order valence-electron chi connectivity index (χ2n) is 7.58. The molecule has 0 saturated carbocycles. The molecule has 0 unspecified atom stereocenters. The van der Waals surface area contributed by atoms with E-state index in [1.807, 2.05) is 11.0 Å². The number of β-amino-alcohol motifs (C(OH)–C–C–N with tert-alkyl or cyclic N) is 1. The first kappa shape index (κ1) is 20.9. The molecule has 1 aliphatic heterocycles. The number of piperidine rings is 1. The molecule has 3 N–H and O–H groups in total. The van der Waals surface area contributed by atoms with Crippen LogP contribution >= 0.6 is 0 Å². The van der Waals surface area contributed by atoms with Crippen molar-refractivity contribution in [3.63, 3.8) is 0 Å². The zero-order valence-corrected chi connectivity index (χ0v) is 16.8. The average Bonchev–Trinajstić information content (AvgIpc) is 2.75. The summed E-state index contributed by atoms with van der Waals surface area (Å²) in [5, 5.41) is 10.00. The number of hydrogen-bond donors (Lipinski definition) is 2. The number of pyridine rings is 2. The molecule has 4 rings (SSSR count). The lowest BCUT2D eigenvalue weighted by molar-refractivity contribution is 0.0989. The summed E-state index contributed by atoms with van der Waals surface area (Å²) in [6, 6.07) is 8.15. The highest BCUT2D eigenvalue weighted by Crippen LogP contribution is 2.28. The van der Waals surface area contributed by atoms with Gasteiger partial charge in [0.15, 0.2) is 5.78 Å². The third kappa shape index (κ3) is 4.39. The van der Waals surface area contributed by atoms with Crippen molar-refractivity contribution in [1.82, 2.24) is 9.97 Å². The van der Waals surface area contributed by atoms with Crippen molar-refractivity contribution in [2.75, 3.05) is 23.7 Å². The molecule has 2 aromatic heterocycles. The number of nitrogens with two attached hydrogens (primary N) is 1. The van der Waals surface area contributed by atoms with Crippen molar-refractivity contribution in [2.45, 2.75) is 25.4 Å². The van der Waals surface area contributed by atoms with E-state index in [1.54, 1.807) is 12.4 Å². The molecular formula is C23H22F2N4O2. The van der Waals surface area contributed by atoms with E-state index in [0.29, 0.717) is 12.1 Å². The van der Waals surface area contributed by atoms with Gasteiger partial charge in [-0.2, -0.15) is 0 Å². The summed E-state index contributed by atoms with van der Waals surface area (Å²) < 4.78 is 28.4. The Kier molecular flexibility index (Phi) is 5.90. The second kappa shape index (κ2) is 8.77. The number of anilines is 2. The van der Waals surface area contributed by atoms with Crippen molar-refractivity contribution >= 4 is 17.2 Å². The molecule has 160 valence electrons. The molecule has 1 atom stereocenters. The van der Waals surface area contributed by atoms with Crippen molar-refractivity contribution in [1.29, 1.82) is 0 Å². The van der Waals surface area contributed by atoms with Crippen LogP contribution in [0, 0.1) is 11.6 Å². The Balaban J connectivity index is 1.65. The van der Waals surface area contributed by atoms with Crippen molar-refractivity contribution < 1.29 is 18.7 Å². The molecule has 6 nitrogen and oxygen atoms in total. The van der Waals surface area contributed by atoms with Crippen LogP contribution in [0.1, 0.15) is 28.9 Å². The summed E-state index contributed by atoms with van der Waals surface area (Å²) in [6.07, 6.45) is 4.38. The summed E-state index contributed by atoms with van der Waals surface area (Å²) in [7, 11) is 0. The van der Waals surface area contributed by atoms with Crippen LogP contribution in [0.3, 0.4) is 0 Å². The fourth-order valence-corrected chi connectivity index (χ4v) is 3.87. The van der Waals surface area contributed by atoms with Gasteiger partial charge in [0.25, 0.3) is 0 Å². The number of aliphatic hydroxyl groups excluding tert-OH is 1. The van der Waals surface area contributed by atoms with Gasteiger partial charge in [-0.3, -0.25) is 9.78 Å². The number of halogens is 2. The number of ketones is 1. The Bertz CT molecular complexity index is 1100. The number of aliphatic hydroxyl groups is 1. The quantitative estimate of drug-likeness (QED) is 0.610. The maximum atomic E-state index is 14.2. The normalized spacial score (nSPS) is 16.4. The Morgan fingerprint density at radius 1 is 1.19 bits per heavy atom. The van der Waals surface area contributed by atoms with Crippen LogP contribution in [0.25, 0.3) is 11.3 Å². The fraction of sp³-hybridized carbons (Fsp3) is 0.261. The Hall–Kier alpha value is -3.39. The van der Waals surface area contributed by atoms with Gasteiger partial charge in [-0.1, -0.05) is 6.07 Å². The average molecular weight is 424 g/mol. The van der Waals surface area contributed by atoms with E-state index in [-0.39, 0.29) is 34.8 Å². The Morgan fingerprint density at radius 3 is 2.71 bits per heavy atom. The molecular weight excluding hydrogens is 402 g/mol. The van der Waals surface area contributed by atoms with E-state index in [1.165, 1.54) is 18.2 Å². The topological polar surface area (TPSA) is 92.3 Å². The summed E-state index contributed by atoms with van der Waals surface area (Å²) >= 11 is 0. The molecule has 1 aromatic carbocycles. The third-order valence-electron chi connectivity index (χ3n) is 5.38. The molecule has 0 amide bonds. The van der Waals surface area contributed by atoms with Crippen LogP contribution in [0.15, 0.2) is 48.8 Å². The number of hydrogen-bond acceptors (Lipinski definition) is 6. The lowest BCUT2D eigenvalue weighted by Gasteiger charge is -2.33. The van der Waals surface area contributed by atoms with Gasteiger partial charge in [0.05, 0.1) is 23.0 Å². The predicted octanol–water partition coefficient (Wildman–Crippen LogP) is 3.39. The van der Waals surface area contributed by atoms with Gasteiger partial charge in [-0.25, -0.2) is 13.8 Å². The van der Waals surface area contributed by atoms with E-state index in [9.17, 15) is 18.7 Å². The molecule has 31 heavy (non-hydrogen) atoms. The number of Topliss-reactive ketones (excluding diaryl/α,β-unsaturated/α-hetero) is 1. The second-order valence-corrected chi connectivity index (χ2v) is 7.58. The minimum atomic E-state index is -0.770. The largest absolute Gasteiger partial charge is 0.397 e. The van der Waals surface area contributed by atoms with Gasteiger partial charge in [-0.05, 0) is 43.2 Å². The number of rotatable bonds is 5. The maximum absolute atomic E-state index is 14.2. The highest BCUT2D eigenvalue weighted by Gasteiger charge is 2.23. The number of aromatic nitrogens is 2. The number of benzene rings is 1. The maximum Gasteiger partial charge on any atom is 0.187 e. The summed E-state index contributed by atoms with van der Waals surface area (Å²) in [5.41, 5.74) is 7.23. The van der Waals surface area contributed by atoms with Crippen molar-refractivity contribution in [2.24, 2.45) is 0 Å². The SMILES string of the molecule is Nc1ccc(-c2c(F)cccc2F)nc1C(=O)Cc1cnccc1N1CCC[C@H](O)C1. The first-order valence-corrected chi connectivity index (χ1v) is 10.0. The number of nitrogens with zero attached hydrogens (tertiary/aromatic N) is 3. The minimum absolute atomic E-state index is 0.00119. The van der Waals surface area contributed by atoms with Gasteiger partial charge in [0.2, 0.25) is 0 Å².